The lowest BCUT2D eigenvalue weighted by Crippen LogP contribution is -2.44. The number of carbonyl (C=O) groups is 4. The van der Waals surface area contributed by atoms with E-state index in [9.17, 15) is 19.2 Å². The van der Waals surface area contributed by atoms with Gasteiger partial charge in [-0.05, 0) is 66.1 Å². The molecule has 9 heteroatoms. The number of hydrazone groups is 1. The van der Waals surface area contributed by atoms with Crippen molar-refractivity contribution >= 4 is 35.5 Å². The van der Waals surface area contributed by atoms with Gasteiger partial charge >= 0.3 is 5.97 Å². The average molecular weight is 552 g/mol. The third-order valence-electron chi connectivity index (χ3n) is 8.03. The highest BCUT2D eigenvalue weighted by atomic mass is 16.5. The predicted octanol–water partition coefficient (Wildman–Crippen LogP) is 4.41. The number of nitrogens with zero attached hydrogens (tertiary/aromatic N) is 3. The molecule has 208 valence electrons. The first-order valence-electron chi connectivity index (χ1n) is 13.7. The van der Waals surface area contributed by atoms with E-state index >= 15 is 0 Å². The number of esters is 1. The molecule has 4 atom stereocenters. The summed E-state index contributed by atoms with van der Waals surface area (Å²) in [5, 5.41) is 6.23. The maximum Gasteiger partial charge on any atom is 0.338 e. The van der Waals surface area contributed by atoms with Crippen LogP contribution in [0.5, 0.6) is 5.75 Å². The largest absolute Gasteiger partial charge is 0.497 e. The first-order chi connectivity index (χ1) is 19.9. The summed E-state index contributed by atoms with van der Waals surface area (Å²) in [6, 6.07) is 18.9. The van der Waals surface area contributed by atoms with Gasteiger partial charge in [-0.2, -0.15) is 5.10 Å². The summed E-state index contributed by atoms with van der Waals surface area (Å²) < 4.78 is 10.5. The number of hydrogen-bond donors (Lipinski definition) is 0. The molecule has 3 aromatic rings. The minimum Gasteiger partial charge on any atom is -0.497 e. The Labute approximate surface area is 237 Å². The third-order valence-corrected chi connectivity index (χ3v) is 8.03. The highest BCUT2D eigenvalue weighted by molar-refractivity contribution is 6.24. The van der Waals surface area contributed by atoms with Gasteiger partial charge in [-0.3, -0.25) is 19.4 Å². The maximum absolute atomic E-state index is 14.1. The zero-order valence-electron chi connectivity index (χ0n) is 22.7. The first kappa shape index (κ1) is 26.4. The van der Waals surface area contributed by atoms with Crippen LogP contribution < -0.4 is 9.64 Å². The van der Waals surface area contributed by atoms with Crippen molar-refractivity contribution in [3.63, 3.8) is 0 Å². The van der Waals surface area contributed by atoms with Crippen LogP contribution in [0.4, 0.5) is 5.69 Å². The van der Waals surface area contributed by atoms with Crippen LogP contribution in [0, 0.1) is 11.8 Å². The van der Waals surface area contributed by atoms with Gasteiger partial charge in [-0.1, -0.05) is 37.6 Å². The van der Waals surface area contributed by atoms with E-state index in [1.807, 2.05) is 31.2 Å². The third kappa shape index (κ3) is 4.38. The van der Waals surface area contributed by atoms with E-state index in [1.54, 1.807) is 66.9 Å². The van der Waals surface area contributed by atoms with Gasteiger partial charge in [0.1, 0.15) is 11.8 Å². The number of ketones is 1. The smallest absolute Gasteiger partial charge is 0.338 e. The molecule has 0 radical (unpaired) electrons. The van der Waals surface area contributed by atoms with Crippen LogP contribution in [0.25, 0.3) is 0 Å². The van der Waals surface area contributed by atoms with Crippen molar-refractivity contribution in [3.05, 3.63) is 95.1 Å². The molecule has 0 aromatic heterocycles. The van der Waals surface area contributed by atoms with Gasteiger partial charge in [0.25, 0.3) is 0 Å². The number of hydrogen-bond acceptors (Lipinski definition) is 8. The highest BCUT2D eigenvalue weighted by Gasteiger charge is 2.65. The lowest BCUT2D eigenvalue weighted by molar-refractivity contribution is -0.124. The van der Waals surface area contributed by atoms with Gasteiger partial charge < -0.3 is 9.47 Å². The summed E-state index contributed by atoms with van der Waals surface area (Å²) in [5.41, 5.74) is 2.76. The predicted molar refractivity (Wildman–Crippen MR) is 151 cm³/mol. The van der Waals surface area contributed by atoms with Crippen LogP contribution in [-0.2, 0) is 14.3 Å². The average Bonchev–Trinajstić information content (AvgIpc) is 3.49. The Morgan fingerprint density at radius 1 is 0.878 bits per heavy atom. The van der Waals surface area contributed by atoms with Crippen molar-refractivity contribution in [3.8, 4) is 5.75 Å². The molecule has 3 aromatic carbocycles. The Morgan fingerprint density at radius 2 is 1.56 bits per heavy atom. The fourth-order valence-electron chi connectivity index (χ4n) is 5.99. The Bertz CT molecular complexity index is 1550. The topological polar surface area (TPSA) is 106 Å². The van der Waals surface area contributed by atoms with Crippen LogP contribution in [0.2, 0.25) is 0 Å². The van der Waals surface area contributed by atoms with E-state index in [1.165, 1.54) is 0 Å². The molecule has 2 amide bonds. The van der Waals surface area contributed by atoms with Crippen molar-refractivity contribution < 1.29 is 28.7 Å². The quantitative estimate of drug-likeness (QED) is 0.177. The molecular weight excluding hydrogens is 522 g/mol. The van der Waals surface area contributed by atoms with Gasteiger partial charge in [0, 0.05) is 5.56 Å². The van der Waals surface area contributed by atoms with Gasteiger partial charge in [-0.15, -0.1) is 0 Å². The van der Waals surface area contributed by atoms with Crippen molar-refractivity contribution in [1.82, 2.24) is 5.01 Å². The first-order valence-corrected chi connectivity index (χ1v) is 13.7. The molecule has 2 saturated heterocycles. The van der Waals surface area contributed by atoms with E-state index in [4.69, 9.17) is 9.47 Å². The minimum atomic E-state index is -0.975. The Morgan fingerprint density at radius 3 is 2.27 bits per heavy atom. The number of rotatable bonds is 8. The molecule has 0 saturated carbocycles. The molecule has 2 fully saturated rings. The standard InChI is InChI=1S/C32H29N3O6/c1-3-4-17-41-32(39)20-9-13-22(14-10-20)34-30(37)25-26(31(34)38)28(29(36)19-11-15-23(40-2)16-12-19)35-27(25)24-8-6-5-7-21(24)18-33-35/h5-16,18,25-28H,3-4,17H2,1-2H3/t25-,26+,27?,28-/m1/s1. The normalized spacial score (nSPS) is 22.3. The molecule has 1 unspecified atom stereocenters. The molecule has 3 aliphatic heterocycles. The number of ether oxygens (including phenoxy) is 2. The van der Waals surface area contributed by atoms with Gasteiger partial charge in [0.05, 0.1) is 49.1 Å². The summed E-state index contributed by atoms with van der Waals surface area (Å²) in [5.74, 6) is -2.77. The van der Waals surface area contributed by atoms with Gasteiger partial charge in [0.15, 0.2) is 5.78 Å². The van der Waals surface area contributed by atoms with Crippen molar-refractivity contribution in [2.45, 2.75) is 31.8 Å². The molecule has 3 heterocycles. The fourth-order valence-corrected chi connectivity index (χ4v) is 5.99. The van der Waals surface area contributed by atoms with E-state index < -0.39 is 41.7 Å². The zero-order chi connectivity index (χ0) is 28.7. The number of anilines is 1. The van der Waals surface area contributed by atoms with Crippen LogP contribution >= 0.6 is 0 Å². The summed E-state index contributed by atoms with van der Waals surface area (Å²) in [7, 11) is 1.54. The van der Waals surface area contributed by atoms with Crippen molar-refractivity contribution in [2.75, 3.05) is 18.6 Å². The minimum absolute atomic E-state index is 0.296. The zero-order valence-corrected chi connectivity index (χ0v) is 22.7. The van der Waals surface area contributed by atoms with Crippen LogP contribution in [0.1, 0.15) is 57.7 Å². The van der Waals surface area contributed by atoms with Crippen LogP contribution in [0.15, 0.2) is 77.9 Å². The number of benzene rings is 3. The van der Waals surface area contributed by atoms with Gasteiger partial charge in [-0.25, -0.2) is 9.69 Å². The molecule has 0 bridgehead atoms. The molecule has 0 spiro atoms. The number of unbranched alkanes of at least 4 members (excludes halogenated alkanes) is 1. The monoisotopic (exact) mass is 551 g/mol. The number of Topliss-reactive ketones (excluding diaryl/α,β-unsaturated/α-hetero) is 1. The molecule has 6 rings (SSSR count). The maximum atomic E-state index is 14.1. The number of methoxy groups -OCH3 is 1. The fraction of sp³-hybridized carbons (Fsp3) is 0.281. The number of carbonyl (C=O) groups excluding carboxylic acids is 4. The summed E-state index contributed by atoms with van der Waals surface area (Å²) in [6.07, 6.45) is 3.35. The van der Waals surface area contributed by atoms with Crippen LogP contribution in [-0.4, -0.2) is 54.5 Å². The second kappa shape index (κ2) is 10.6. The van der Waals surface area contributed by atoms with E-state index in [0.29, 0.717) is 29.2 Å². The second-order valence-electron chi connectivity index (χ2n) is 10.3. The summed E-state index contributed by atoms with van der Waals surface area (Å²) >= 11 is 0. The molecular formula is C32H29N3O6. The lowest BCUT2D eigenvalue weighted by atomic mass is 9.83. The van der Waals surface area contributed by atoms with E-state index in [2.05, 4.69) is 5.10 Å². The van der Waals surface area contributed by atoms with Gasteiger partial charge in [0.2, 0.25) is 11.8 Å². The Balaban J connectivity index is 1.36. The van der Waals surface area contributed by atoms with Crippen molar-refractivity contribution in [1.29, 1.82) is 0 Å². The molecule has 41 heavy (non-hydrogen) atoms. The van der Waals surface area contributed by atoms with E-state index in [-0.39, 0.29) is 5.78 Å². The molecule has 0 aliphatic carbocycles. The Kier molecular flexibility index (Phi) is 6.86. The summed E-state index contributed by atoms with van der Waals surface area (Å²) in [4.78, 5) is 55.6. The summed E-state index contributed by atoms with van der Waals surface area (Å²) in [6.45, 7) is 2.34. The second-order valence-corrected chi connectivity index (χ2v) is 10.3. The van der Waals surface area contributed by atoms with Crippen LogP contribution in [0.3, 0.4) is 0 Å². The molecule has 9 nitrogen and oxygen atoms in total. The molecule has 3 aliphatic rings. The SMILES string of the molecule is CCCCOC(=O)c1ccc(N2C(=O)[C@H]3[C@@H](C2=O)C2c4ccccc4C=NN2[C@H]3C(=O)c2ccc(OC)cc2)cc1. The number of amides is 2. The molecule has 0 N–H and O–H groups in total. The van der Waals surface area contributed by atoms with E-state index in [0.717, 1.165) is 28.9 Å². The number of fused-ring (bicyclic) bond motifs is 5. The number of imide groups is 1. The lowest BCUT2D eigenvalue weighted by Gasteiger charge is -2.33. The van der Waals surface area contributed by atoms with Crippen molar-refractivity contribution in [2.24, 2.45) is 16.9 Å². The Hall–Kier alpha value is -4.79. The highest BCUT2D eigenvalue weighted by Crippen LogP contribution is 2.53.